The van der Waals surface area contributed by atoms with Crippen LogP contribution in [0.3, 0.4) is 0 Å². The van der Waals surface area contributed by atoms with Crippen molar-refractivity contribution in [2.75, 3.05) is 39.8 Å². The van der Waals surface area contributed by atoms with Gasteiger partial charge < -0.3 is 24.6 Å². The lowest BCUT2D eigenvalue weighted by molar-refractivity contribution is 0.311. The number of fused-ring (bicyclic) bond motifs is 1. The van der Waals surface area contributed by atoms with Crippen molar-refractivity contribution in [2.45, 2.75) is 0 Å². The van der Waals surface area contributed by atoms with Gasteiger partial charge in [0, 0.05) is 6.54 Å². The highest BCUT2D eigenvalue weighted by atomic mass is 16.5. The average Bonchev–Trinajstić information content (AvgIpc) is 2.50. The van der Waals surface area contributed by atoms with Crippen LogP contribution in [-0.2, 0) is 0 Å². The van der Waals surface area contributed by atoms with Gasteiger partial charge >= 0.3 is 0 Å². The molecule has 1 aromatic heterocycles. The van der Waals surface area contributed by atoms with Crippen LogP contribution in [0.15, 0.2) is 12.4 Å². The molecule has 0 saturated carbocycles. The zero-order chi connectivity index (χ0) is 14.5. The van der Waals surface area contributed by atoms with Gasteiger partial charge in [0.25, 0.3) is 0 Å². The lowest BCUT2D eigenvalue weighted by Crippen LogP contribution is -2.08. The van der Waals surface area contributed by atoms with Gasteiger partial charge in [-0.15, -0.1) is 0 Å². The Hall–Kier alpha value is -2.28. The summed E-state index contributed by atoms with van der Waals surface area (Å²) in [5.74, 6) is 2.09. The summed E-state index contributed by atoms with van der Waals surface area (Å²) in [4.78, 5) is 8.40. The van der Waals surface area contributed by atoms with E-state index in [1.807, 2.05) is 0 Å². The minimum Gasteiger partial charge on any atom is -0.493 e. The molecule has 7 nitrogen and oxygen atoms in total. The topological polar surface area (TPSA) is 85.7 Å². The molecule has 0 atom stereocenters. The molecule has 7 heteroatoms. The van der Waals surface area contributed by atoms with Crippen LogP contribution in [0.2, 0.25) is 0 Å². The van der Waals surface area contributed by atoms with Gasteiger partial charge in [0.05, 0.1) is 33.3 Å². The molecule has 1 heterocycles. The monoisotopic (exact) mass is 279 g/mol. The Kier molecular flexibility index (Phi) is 4.41. The first-order valence-corrected chi connectivity index (χ1v) is 6.05. The molecule has 1 aromatic carbocycles. The van der Waals surface area contributed by atoms with Crippen LogP contribution in [0.4, 0.5) is 5.82 Å². The summed E-state index contributed by atoms with van der Waals surface area (Å²) < 4.78 is 16.0. The van der Waals surface area contributed by atoms with Gasteiger partial charge in [-0.05, 0) is 6.07 Å². The van der Waals surface area contributed by atoms with Crippen LogP contribution in [-0.4, -0.2) is 49.6 Å². The number of nitrogens with one attached hydrogen (secondary N) is 1. The highest BCUT2D eigenvalue weighted by molar-refractivity contribution is 5.96. The summed E-state index contributed by atoms with van der Waals surface area (Å²) in [6.45, 7) is 0.401. The Balaban J connectivity index is 2.69. The van der Waals surface area contributed by atoms with E-state index in [0.29, 0.717) is 35.1 Å². The molecule has 2 aromatic rings. The van der Waals surface area contributed by atoms with Crippen LogP contribution in [0, 0.1) is 0 Å². The summed E-state index contributed by atoms with van der Waals surface area (Å²) in [6.07, 6.45) is 1.43. The van der Waals surface area contributed by atoms with Crippen molar-refractivity contribution in [3.8, 4) is 17.2 Å². The summed E-state index contributed by atoms with van der Waals surface area (Å²) in [7, 11) is 4.63. The van der Waals surface area contributed by atoms with Crippen molar-refractivity contribution in [1.82, 2.24) is 9.97 Å². The van der Waals surface area contributed by atoms with E-state index in [0.717, 1.165) is 5.39 Å². The van der Waals surface area contributed by atoms with E-state index < -0.39 is 0 Å². The molecule has 0 aliphatic heterocycles. The molecule has 108 valence electrons. The first-order valence-electron chi connectivity index (χ1n) is 6.05. The van der Waals surface area contributed by atoms with Gasteiger partial charge in [-0.25, -0.2) is 9.97 Å². The second kappa shape index (κ2) is 6.25. The van der Waals surface area contributed by atoms with E-state index in [2.05, 4.69) is 15.3 Å². The van der Waals surface area contributed by atoms with Crippen LogP contribution in [0.5, 0.6) is 17.2 Å². The third-order valence-corrected chi connectivity index (χ3v) is 2.84. The zero-order valence-corrected chi connectivity index (χ0v) is 11.6. The van der Waals surface area contributed by atoms with Gasteiger partial charge in [0.1, 0.15) is 17.7 Å². The molecule has 0 bridgehead atoms. The molecule has 0 radical (unpaired) electrons. The maximum atomic E-state index is 8.91. The number of ether oxygens (including phenoxy) is 3. The fraction of sp³-hybridized carbons (Fsp3) is 0.385. The maximum Gasteiger partial charge on any atom is 0.205 e. The zero-order valence-electron chi connectivity index (χ0n) is 11.6. The van der Waals surface area contributed by atoms with E-state index in [4.69, 9.17) is 19.3 Å². The summed E-state index contributed by atoms with van der Waals surface area (Å²) in [5, 5.41) is 12.7. The molecule has 0 aliphatic rings. The normalized spacial score (nSPS) is 10.4. The van der Waals surface area contributed by atoms with Crippen molar-refractivity contribution in [3.05, 3.63) is 12.4 Å². The molecule has 0 saturated heterocycles. The van der Waals surface area contributed by atoms with Crippen molar-refractivity contribution in [3.63, 3.8) is 0 Å². The van der Waals surface area contributed by atoms with Gasteiger partial charge in [-0.1, -0.05) is 0 Å². The molecule has 0 unspecified atom stereocenters. The van der Waals surface area contributed by atoms with E-state index >= 15 is 0 Å². The van der Waals surface area contributed by atoms with Crippen LogP contribution in [0.25, 0.3) is 10.9 Å². The quantitative estimate of drug-likeness (QED) is 0.817. The lowest BCUT2D eigenvalue weighted by Gasteiger charge is -2.15. The standard InChI is InChI=1S/C13H17N3O4/c1-18-9-6-8-10(12(20-3)11(9)19-2)15-7-16-13(8)14-4-5-17/h6-7,17H,4-5H2,1-3H3,(H,14,15,16). The Morgan fingerprint density at radius 3 is 2.45 bits per heavy atom. The minimum absolute atomic E-state index is 0.00984. The molecule has 20 heavy (non-hydrogen) atoms. The number of hydrogen-bond donors (Lipinski definition) is 2. The van der Waals surface area contributed by atoms with E-state index in [9.17, 15) is 0 Å². The maximum absolute atomic E-state index is 8.91. The van der Waals surface area contributed by atoms with Gasteiger partial charge in [-0.3, -0.25) is 0 Å². The number of benzene rings is 1. The highest BCUT2D eigenvalue weighted by Crippen LogP contribution is 2.43. The van der Waals surface area contributed by atoms with Crippen LogP contribution < -0.4 is 19.5 Å². The fourth-order valence-corrected chi connectivity index (χ4v) is 1.98. The number of anilines is 1. The van der Waals surface area contributed by atoms with Gasteiger partial charge in [0.15, 0.2) is 11.5 Å². The van der Waals surface area contributed by atoms with Crippen molar-refractivity contribution >= 4 is 16.7 Å². The van der Waals surface area contributed by atoms with Gasteiger partial charge in [-0.2, -0.15) is 0 Å². The second-order valence-electron chi connectivity index (χ2n) is 3.91. The summed E-state index contributed by atoms with van der Waals surface area (Å²) in [6, 6.07) is 1.77. The summed E-state index contributed by atoms with van der Waals surface area (Å²) in [5.41, 5.74) is 0.612. The van der Waals surface area contributed by atoms with E-state index in [-0.39, 0.29) is 6.61 Å². The SMILES string of the molecule is COc1cc2c(NCCO)ncnc2c(OC)c1OC. The first-order chi connectivity index (χ1) is 9.76. The number of methoxy groups -OCH3 is 3. The Labute approximate surface area is 116 Å². The molecule has 0 amide bonds. The number of aliphatic hydroxyl groups excluding tert-OH is 1. The number of rotatable bonds is 6. The van der Waals surface area contributed by atoms with Crippen molar-refractivity contribution < 1.29 is 19.3 Å². The third kappa shape index (κ3) is 2.39. The number of aromatic nitrogens is 2. The predicted molar refractivity (Wildman–Crippen MR) is 74.8 cm³/mol. The second-order valence-corrected chi connectivity index (χ2v) is 3.91. The number of hydrogen-bond acceptors (Lipinski definition) is 7. The first kappa shape index (κ1) is 14.1. The van der Waals surface area contributed by atoms with Crippen LogP contribution in [0.1, 0.15) is 0 Å². The Morgan fingerprint density at radius 1 is 1.10 bits per heavy atom. The summed E-state index contributed by atoms with van der Waals surface area (Å²) >= 11 is 0. The molecule has 2 rings (SSSR count). The smallest absolute Gasteiger partial charge is 0.205 e. The third-order valence-electron chi connectivity index (χ3n) is 2.84. The van der Waals surface area contributed by atoms with E-state index in [1.165, 1.54) is 13.4 Å². The molecule has 2 N–H and O–H groups in total. The number of nitrogens with zero attached hydrogens (tertiary/aromatic N) is 2. The molecular formula is C13H17N3O4. The average molecular weight is 279 g/mol. The van der Waals surface area contributed by atoms with Crippen molar-refractivity contribution in [1.29, 1.82) is 0 Å². The predicted octanol–water partition coefficient (Wildman–Crippen LogP) is 1.06. The Bertz CT molecular complexity index is 604. The highest BCUT2D eigenvalue weighted by Gasteiger charge is 2.19. The molecule has 0 aliphatic carbocycles. The van der Waals surface area contributed by atoms with Gasteiger partial charge in [0.2, 0.25) is 5.75 Å². The molecular weight excluding hydrogens is 262 g/mol. The van der Waals surface area contributed by atoms with Crippen molar-refractivity contribution in [2.24, 2.45) is 0 Å². The minimum atomic E-state index is 0.00984. The Morgan fingerprint density at radius 2 is 1.85 bits per heavy atom. The van der Waals surface area contributed by atoms with Crippen LogP contribution >= 0.6 is 0 Å². The van der Waals surface area contributed by atoms with E-state index in [1.54, 1.807) is 20.3 Å². The number of aliphatic hydroxyl groups is 1. The fourth-order valence-electron chi connectivity index (χ4n) is 1.98. The lowest BCUT2D eigenvalue weighted by atomic mass is 10.2. The largest absolute Gasteiger partial charge is 0.493 e. The molecule has 0 spiro atoms. The molecule has 0 fully saturated rings.